The molecule has 1 aliphatic heterocycles. The third kappa shape index (κ3) is 6.35. The topological polar surface area (TPSA) is 78.5 Å². The van der Waals surface area contributed by atoms with E-state index in [4.69, 9.17) is 0 Å². The molecule has 4 rings (SSSR count). The normalized spacial score (nSPS) is 13.8. The van der Waals surface area contributed by atoms with Gasteiger partial charge >= 0.3 is 0 Å². The van der Waals surface area contributed by atoms with E-state index < -0.39 is 0 Å². The number of aryl methyl sites for hydroxylation is 1. The second-order valence-corrected chi connectivity index (χ2v) is 8.94. The van der Waals surface area contributed by atoms with Gasteiger partial charge in [-0.15, -0.1) is 0 Å². The van der Waals surface area contributed by atoms with E-state index in [9.17, 15) is 14.4 Å². The van der Waals surface area contributed by atoms with Gasteiger partial charge in [-0.2, -0.15) is 0 Å². The van der Waals surface area contributed by atoms with E-state index in [2.05, 4.69) is 22.8 Å². The molecule has 0 atom stereocenters. The van der Waals surface area contributed by atoms with Gasteiger partial charge in [0.2, 0.25) is 5.91 Å². The largest absolute Gasteiger partial charge is 0.356 e. The van der Waals surface area contributed by atoms with Crippen molar-refractivity contribution < 1.29 is 14.4 Å². The number of anilines is 1. The molecule has 3 amide bonds. The van der Waals surface area contributed by atoms with Gasteiger partial charge in [-0.3, -0.25) is 14.4 Å². The maximum absolute atomic E-state index is 13.1. The first kappa shape index (κ1) is 24.2. The molecule has 0 bridgehead atoms. The van der Waals surface area contributed by atoms with Crippen LogP contribution in [0.1, 0.15) is 44.7 Å². The minimum Gasteiger partial charge on any atom is -0.356 e. The van der Waals surface area contributed by atoms with Gasteiger partial charge in [0.25, 0.3) is 11.8 Å². The molecule has 6 nitrogen and oxygen atoms in total. The number of nitrogens with one attached hydrogen (secondary N) is 2. The van der Waals surface area contributed by atoms with Gasteiger partial charge in [-0.05, 0) is 61.6 Å². The molecule has 0 aliphatic carbocycles. The van der Waals surface area contributed by atoms with E-state index in [0.717, 1.165) is 12.0 Å². The van der Waals surface area contributed by atoms with Gasteiger partial charge < -0.3 is 15.5 Å². The number of likely N-dealkylation sites (tertiary alicyclic amines) is 1. The number of piperidine rings is 1. The smallest absolute Gasteiger partial charge is 0.255 e. The average Bonchev–Trinajstić information content (AvgIpc) is 2.89. The lowest BCUT2D eigenvalue weighted by molar-refractivity contribution is -0.126. The third-order valence-corrected chi connectivity index (χ3v) is 6.47. The average molecular weight is 470 g/mol. The Hall–Kier alpha value is -3.93. The van der Waals surface area contributed by atoms with Crippen LogP contribution >= 0.6 is 0 Å². The number of carbonyl (C=O) groups excluding carboxylic acids is 3. The van der Waals surface area contributed by atoms with Crippen molar-refractivity contribution in [2.75, 3.05) is 25.0 Å². The molecule has 2 N–H and O–H groups in total. The second kappa shape index (κ2) is 11.5. The van der Waals surface area contributed by atoms with Crippen molar-refractivity contribution in [3.8, 4) is 0 Å². The van der Waals surface area contributed by atoms with Crippen molar-refractivity contribution >= 4 is 23.4 Å². The van der Waals surface area contributed by atoms with E-state index in [1.807, 2.05) is 43.3 Å². The summed E-state index contributed by atoms with van der Waals surface area (Å²) < 4.78 is 0. The lowest BCUT2D eigenvalue weighted by atomic mass is 9.95. The highest BCUT2D eigenvalue weighted by atomic mass is 16.2. The molecule has 0 spiro atoms. The van der Waals surface area contributed by atoms with E-state index in [1.165, 1.54) is 5.56 Å². The van der Waals surface area contributed by atoms with Crippen LogP contribution < -0.4 is 10.6 Å². The Bertz CT molecular complexity index is 1180. The van der Waals surface area contributed by atoms with E-state index >= 15 is 0 Å². The summed E-state index contributed by atoms with van der Waals surface area (Å²) in [5.74, 6) is -0.296. The van der Waals surface area contributed by atoms with Crippen LogP contribution in [0.4, 0.5) is 5.69 Å². The standard InChI is InChI=1S/C29H31N3O3/c1-21-8-5-6-13-26(21)28(34)31-25-12-7-11-24(20-25)29(35)32-18-15-23(16-19-32)27(33)30-17-14-22-9-3-2-4-10-22/h2-13,20,23H,14-19H2,1H3,(H,30,33)(H,31,34). The highest BCUT2D eigenvalue weighted by Gasteiger charge is 2.27. The third-order valence-electron chi connectivity index (χ3n) is 6.47. The first-order chi connectivity index (χ1) is 17.0. The maximum Gasteiger partial charge on any atom is 0.255 e. The van der Waals surface area contributed by atoms with Crippen LogP contribution in [0.3, 0.4) is 0 Å². The monoisotopic (exact) mass is 469 g/mol. The lowest BCUT2D eigenvalue weighted by Crippen LogP contribution is -2.43. The molecule has 1 heterocycles. The Morgan fingerprint density at radius 1 is 0.886 bits per heavy atom. The zero-order chi connectivity index (χ0) is 24.6. The Morgan fingerprint density at radius 2 is 1.60 bits per heavy atom. The number of carbonyl (C=O) groups is 3. The van der Waals surface area contributed by atoms with Crippen molar-refractivity contribution in [3.63, 3.8) is 0 Å². The van der Waals surface area contributed by atoms with Crippen LogP contribution in [0.25, 0.3) is 0 Å². The van der Waals surface area contributed by atoms with Crippen LogP contribution in [0.5, 0.6) is 0 Å². The summed E-state index contributed by atoms with van der Waals surface area (Å²) in [6.45, 7) is 3.58. The fourth-order valence-corrected chi connectivity index (χ4v) is 4.40. The lowest BCUT2D eigenvalue weighted by Gasteiger charge is -2.31. The zero-order valence-corrected chi connectivity index (χ0v) is 20.0. The SMILES string of the molecule is Cc1ccccc1C(=O)Nc1cccc(C(=O)N2CCC(C(=O)NCCc3ccccc3)CC2)c1. The van der Waals surface area contributed by atoms with E-state index in [-0.39, 0.29) is 23.6 Å². The van der Waals surface area contributed by atoms with Gasteiger partial charge in [0.05, 0.1) is 0 Å². The molecule has 0 aromatic heterocycles. The predicted octanol–water partition coefficient (Wildman–Crippen LogP) is 4.46. The van der Waals surface area contributed by atoms with Crippen molar-refractivity contribution in [2.24, 2.45) is 5.92 Å². The molecule has 1 saturated heterocycles. The molecule has 0 unspecified atom stereocenters. The van der Waals surface area contributed by atoms with Crippen LogP contribution in [0.2, 0.25) is 0 Å². The summed E-state index contributed by atoms with van der Waals surface area (Å²) in [5, 5.41) is 5.93. The summed E-state index contributed by atoms with van der Waals surface area (Å²) >= 11 is 0. The van der Waals surface area contributed by atoms with Gasteiger partial charge in [0.1, 0.15) is 0 Å². The first-order valence-electron chi connectivity index (χ1n) is 12.1. The number of amides is 3. The van der Waals surface area contributed by atoms with Crippen LogP contribution in [-0.4, -0.2) is 42.3 Å². The first-order valence-corrected chi connectivity index (χ1v) is 12.1. The van der Waals surface area contributed by atoms with E-state index in [1.54, 1.807) is 35.2 Å². The molecule has 1 fully saturated rings. The molecule has 0 saturated carbocycles. The summed E-state index contributed by atoms with van der Waals surface area (Å²) in [6.07, 6.45) is 2.10. The number of hydrogen-bond acceptors (Lipinski definition) is 3. The maximum atomic E-state index is 13.1. The molecular formula is C29H31N3O3. The van der Waals surface area contributed by atoms with Crippen LogP contribution in [0.15, 0.2) is 78.9 Å². The summed E-state index contributed by atoms with van der Waals surface area (Å²) in [4.78, 5) is 40.1. The molecule has 35 heavy (non-hydrogen) atoms. The molecule has 1 aliphatic rings. The molecule has 3 aromatic rings. The fourth-order valence-electron chi connectivity index (χ4n) is 4.40. The van der Waals surface area contributed by atoms with Gasteiger partial charge in [-0.25, -0.2) is 0 Å². The Labute approximate surface area is 206 Å². The number of benzene rings is 3. The number of rotatable bonds is 7. The van der Waals surface area contributed by atoms with Gasteiger partial charge in [0, 0.05) is 42.4 Å². The zero-order valence-electron chi connectivity index (χ0n) is 20.0. The molecule has 3 aromatic carbocycles. The van der Waals surface area contributed by atoms with Crippen molar-refractivity contribution in [3.05, 3.63) is 101 Å². The summed E-state index contributed by atoms with van der Waals surface area (Å²) in [6, 6.07) is 24.5. The Balaban J connectivity index is 1.28. The Kier molecular flexibility index (Phi) is 7.93. The van der Waals surface area contributed by atoms with Crippen molar-refractivity contribution in [1.29, 1.82) is 0 Å². The van der Waals surface area contributed by atoms with Crippen LogP contribution in [-0.2, 0) is 11.2 Å². The minimum atomic E-state index is -0.202. The number of nitrogens with zero attached hydrogens (tertiary/aromatic N) is 1. The van der Waals surface area contributed by atoms with Gasteiger partial charge in [0.15, 0.2) is 0 Å². The number of hydrogen-bond donors (Lipinski definition) is 2. The fraction of sp³-hybridized carbons (Fsp3) is 0.276. The molecule has 180 valence electrons. The molecule has 0 radical (unpaired) electrons. The predicted molar refractivity (Wildman–Crippen MR) is 137 cm³/mol. The Morgan fingerprint density at radius 3 is 2.34 bits per heavy atom. The van der Waals surface area contributed by atoms with Crippen molar-refractivity contribution in [2.45, 2.75) is 26.2 Å². The van der Waals surface area contributed by atoms with Crippen LogP contribution in [0, 0.1) is 12.8 Å². The van der Waals surface area contributed by atoms with Crippen molar-refractivity contribution in [1.82, 2.24) is 10.2 Å². The summed E-state index contributed by atoms with van der Waals surface area (Å²) in [5.41, 5.74) is 3.80. The molecular weight excluding hydrogens is 438 g/mol. The highest BCUT2D eigenvalue weighted by molar-refractivity contribution is 6.06. The van der Waals surface area contributed by atoms with Gasteiger partial charge in [-0.1, -0.05) is 54.6 Å². The highest BCUT2D eigenvalue weighted by Crippen LogP contribution is 2.21. The molecule has 6 heteroatoms. The second-order valence-electron chi connectivity index (χ2n) is 8.94. The van der Waals surface area contributed by atoms with E-state index in [0.29, 0.717) is 49.3 Å². The summed E-state index contributed by atoms with van der Waals surface area (Å²) in [7, 11) is 0. The quantitative estimate of drug-likeness (QED) is 0.536. The minimum absolute atomic E-state index is 0.0638.